The van der Waals surface area contributed by atoms with Crippen LogP contribution in [0.4, 0.5) is 0 Å². The molecule has 0 unspecified atom stereocenters. The molecule has 0 aliphatic carbocycles. The molecule has 3 aromatic carbocycles. The molecule has 0 atom stereocenters. The van der Waals surface area contributed by atoms with Gasteiger partial charge in [-0.2, -0.15) is 5.10 Å². The summed E-state index contributed by atoms with van der Waals surface area (Å²) in [6.07, 6.45) is 1.86. The van der Waals surface area contributed by atoms with Crippen molar-refractivity contribution in [2.75, 3.05) is 21.3 Å². The van der Waals surface area contributed by atoms with Gasteiger partial charge in [-0.1, -0.05) is 42.5 Å². The lowest BCUT2D eigenvalue weighted by molar-refractivity contribution is 0.0776. The number of hydrogen-bond donors (Lipinski definition) is 0. The molecule has 186 valence electrons. The van der Waals surface area contributed by atoms with E-state index in [4.69, 9.17) is 14.6 Å². The largest absolute Gasteiger partial charge is 0.493 e. The van der Waals surface area contributed by atoms with Gasteiger partial charge in [-0.05, 0) is 42.8 Å². The Morgan fingerprint density at radius 2 is 1.65 bits per heavy atom. The van der Waals surface area contributed by atoms with Gasteiger partial charge in [0.05, 0.1) is 32.0 Å². The Morgan fingerprint density at radius 1 is 0.919 bits per heavy atom. The molecule has 0 N–H and O–H groups in total. The summed E-state index contributed by atoms with van der Waals surface area (Å²) in [6.45, 7) is 2.19. The molecule has 5 rings (SSSR count). The number of hydrogen-bond acceptors (Lipinski definition) is 6. The minimum atomic E-state index is -0.242. The lowest BCUT2D eigenvalue weighted by atomic mass is 10.0. The highest BCUT2D eigenvalue weighted by atomic mass is 16.5. The molecule has 0 bridgehead atoms. The number of amides is 1. The lowest BCUT2D eigenvalue weighted by Gasteiger charge is -2.17. The number of carbonyl (C=O) groups excluding carboxylic acids is 1. The zero-order chi connectivity index (χ0) is 25.9. The fraction of sp³-hybridized carbons (Fsp3) is 0.172. The highest BCUT2D eigenvalue weighted by Gasteiger charge is 2.24. The van der Waals surface area contributed by atoms with E-state index in [2.05, 4.69) is 9.97 Å². The Kier molecular flexibility index (Phi) is 6.55. The van der Waals surface area contributed by atoms with Crippen LogP contribution in [-0.4, -0.2) is 51.8 Å². The van der Waals surface area contributed by atoms with E-state index in [-0.39, 0.29) is 12.5 Å². The molecule has 0 spiro atoms. The maximum Gasteiger partial charge on any atom is 0.275 e. The minimum Gasteiger partial charge on any atom is -0.493 e. The van der Waals surface area contributed by atoms with Gasteiger partial charge in [0.25, 0.3) is 5.91 Å². The molecule has 8 heteroatoms. The molecule has 8 nitrogen and oxygen atoms in total. The first kappa shape index (κ1) is 24.0. The minimum absolute atomic E-state index is 0.242. The second-order valence-corrected chi connectivity index (χ2v) is 8.64. The summed E-state index contributed by atoms with van der Waals surface area (Å²) in [5.74, 6) is 1.51. The number of ether oxygens (including phenoxy) is 2. The zero-order valence-corrected chi connectivity index (χ0v) is 21.2. The van der Waals surface area contributed by atoms with Gasteiger partial charge in [0, 0.05) is 29.9 Å². The van der Waals surface area contributed by atoms with Crippen LogP contribution >= 0.6 is 0 Å². The van der Waals surface area contributed by atoms with Crippen LogP contribution in [0.5, 0.6) is 11.5 Å². The molecule has 2 heterocycles. The van der Waals surface area contributed by atoms with Crippen molar-refractivity contribution >= 4 is 16.8 Å². The van der Waals surface area contributed by atoms with Crippen molar-refractivity contribution in [1.29, 1.82) is 0 Å². The number of nitrogens with zero attached hydrogens (tertiary/aromatic N) is 5. The number of carbonyl (C=O) groups is 1. The summed E-state index contributed by atoms with van der Waals surface area (Å²) in [5.41, 5.74) is 4.35. The van der Waals surface area contributed by atoms with E-state index in [0.717, 1.165) is 27.8 Å². The number of benzene rings is 3. The highest BCUT2D eigenvalue weighted by molar-refractivity contribution is 5.99. The number of fused-ring (bicyclic) bond motifs is 1. The molecule has 5 aromatic rings. The predicted molar refractivity (Wildman–Crippen MR) is 142 cm³/mol. The fourth-order valence-electron chi connectivity index (χ4n) is 4.29. The van der Waals surface area contributed by atoms with E-state index in [1.165, 1.54) is 0 Å². The molecule has 1 amide bonds. The Labute approximate surface area is 215 Å². The Hall–Kier alpha value is -4.72. The molecule has 37 heavy (non-hydrogen) atoms. The molecule has 0 aliphatic heterocycles. The lowest BCUT2D eigenvalue weighted by Crippen LogP contribution is -2.28. The SMILES string of the molecule is COc1ccc(-c2cn(-c3ccccc3)nc2C(=O)N(C)Cc2nc(C)c3ccccc3n2)cc1OC. The second-order valence-electron chi connectivity index (χ2n) is 8.64. The number of aromatic nitrogens is 4. The monoisotopic (exact) mass is 493 g/mol. The third-order valence-corrected chi connectivity index (χ3v) is 6.20. The van der Waals surface area contributed by atoms with Gasteiger partial charge < -0.3 is 14.4 Å². The first-order chi connectivity index (χ1) is 18.0. The second kappa shape index (κ2) is 10.1. The molecule has 0 fully saturated rings. The third kappa shape index (κ3) is 4.73. The van der Waals surface area contributed by atoms with Crippen LogP contribution in [0.15, 0.2) is 79.0 Å². The normalized spacial score (nSPS) is 10.9. The van der Waals surface area contributed by atoms with E-state index >= 15 is 0 Å². The summed E-state index contributed by atoms with van der Waals surface area (Å²) in [4.78, 5) is 24.6. The van der Waals surface area contributed by atoms with Gasteiger partial charge in [-0.25, -0.2) is 14.6 Å². The van der Waals surface area contributed by atoms with Crippen LogP contribution in [0.2, 0.25) is 0 Å². The van der Waals surface area contributed by atoms with Gasteiger partial charge in [-0.15, -0.1) is 0 Å². The van der Waals surface area contributed by atoms with Gasteiger partial charge in [0.15, 0.2) is 17.2 Å². The first-order valence-electron chi connectivity index (χ1n) is 11.8. The number of methoxy groups -OCH3 is 2. The van der Waals surface area contributed by atoms with E-state index in [0.29, 0.717) is 28.6 Å². The summed E-state index contributed by atoms with van der Waals surface area (Å²) in [7, 11) is 4.90. The van der Waals surface area contributed by atoms with E-state index in [9.17, 15) is 4.79 Å². The zero-order valence-electron chi connectivity index (χ0n) is 21.2. The molecule has 2 aromatic heterocycles. The van der Waals surface area contributed by atoms with Crippen molar-refractivity contribution in [2.24, 2.45) is 0 Å². The van der Waals surface area contributed by atoms with Crippen LogP contribution in [0.1, 0.15) is 22.0 Å². The van der Waals surface area contributed by atoms with E-state index in [1.807, 2.05) is 85.9 Å². The van der Waals surface area contributed by atoms with Crippen molar-refractivity contribution in [3.05, 3.63) is 96.2 Å². The van der Waals surface area contributed by atoms with E-state index < -0.39 is 0 Å². The summed E-state index contributed by atoms with van der Waals surface area (Å²) in [5, 5.41) is 5.70. The molecule has 0 aliphatic rings. The van der Waals surface area contributed by atoms with Gasteiger partial charge >= 0.3 is 0 Å². The number of rotatable bonds is 7. The van der Waals surface area contributed by atoms with Gasteiger partial charge in [-0.3, -0.25) is 4.79 Å². The highest BCUT2D eigenvalue weighted by Crippen LogP contribution is 2.34. The van der Waals surface area contributed by atoms with Crippen LogP contribution in [0.25, 0.3) is 27.7 Å². The summed E-state index contributed by atoms with van der Waals surface area (Å²) >= 11 is 0. The standard InChI is InChI=1S/C29H27N5O3/c1-19-22-12-8-9-13-24(22)31-27(30-19)18-33(2)29(35)28-23(17-34(32-28)21-10-6-5-7-11-21)20-14-15-25(36-3)26(16-20)37-4/h5-17H,18H2,1-4H3. The Morgan fingerprint density at radius 3 is 2.41 bits per heavy atom. The molecular formula is C29H27N5O3. The average molecular weight is 494 g/mol. The summed E-state index contributed by atoms with van der Waals surface area (Å²) < 4.78 is 12.6. The third-order valence-electron chi connectivity index (χ3n) is 6.20. The van der Waals surface area contributed by atoms with Crippen molar-refractivity contribution < 1.29 is 14.3 Å². The molecular weight excluding hydrogens is 466 g/mol. The molecule has 0 radical (unpaired) electrons. The average Bonchev–Trinajstić information content (AvgIpc) is 3.38. The Balaban J connectivity index is 1.53. The van der Waals surface area contributed by atoms with Gasteiger partial charge in [0.1, 0.15) is 5.82 Å². The fourth-order valence-corrected chi connectivity index (χ4v) is 4.29. The maximum atomic E-state index is 13.8. The molecule has 0 saturated carbocycles. The topological polar surface area (TPSA) is 82.4 Å². The van der Waals surface area contributed by atoms with E-state index in [1.54, 1.807) is 30.8 Å². The number of aryl methyl sites for hydroxylation is 1. The first-order valence-corrected chi connectivity index (χ1v) is 11.8. The van der Waals surface area contributed by atoms with Crippen LogP contribution in [0.3, 0.4) is 0 Å². The quantitative estimate of drug-likeness (QED) is 0.314. The summed E-state index contributed by atoms with van der Waals surface area (Å²) in [6, 6.07) is 23.1. The van der Waals surface area contributed by atoms with Crippen molar-refractivity contribution in [1.82, 2.24) is 24.6 Å². The Bertz CT molecular complexity index is 1580. The van der Waals surface area contributed by atoms with Crippen molar-refractivity contribution in [3.8, 4) is 28.3 Å². The smallest absolute Gasteiger partial charge is 0.275 e. The maximum absolute atomic E-state index is 13.8. The molecule has 0 saturated heterocycles. The number of para-hydroxylation sites is 2. The van der Waals surface area contributed by atoms with Crippen LogP contribution in [-0.2, 0) is 6.54 Å². The van der Waals surface area contributed by atoms with Crippen LogP contribution in [0, 0.1) is 6.92 Å². The van der Waals surface area contributed by atoms with Crippen LogP contribution < -0.4 is 9.47 Å². The van der Waals surface area contributed by atoms with Crippen molar-refractivity contribution in [2.45, 2.75) is 13.5 Å². The van der Waals surface area contributed by atoms with Crippen molar-refractivity contribution in [3.63, 3.8) is 0 Å². The predicted octanol–water partition coefficient (Wildman–Crippen LogP) is 5.08. The van der Waals surface area contributed by atoms with Gasteiger partial charge in [0.2, 0.25) is 0 Å².